The van der Waals surface area contributed by atoms with Crippen molar-refractivity contribution in [3.8, 4) is 5.88 Å². The van der Waals surface area contributed by atoms with Crippen LogP contribution in [0, 0.1) is 6.92 Å². The minimum Gasteiger partial charge on any atom is -0.492 e. The Kier molecular flexibility index (Phi) is 4.60. The monoisotopic (exact) mass is 405 g/mol. The number of aromatic nitrogens is 3. The molecule has 0 aliphatic carbocycles. The van der Waals surface area contributed by atoms with E-state index in [-0.39, 0.29) is 11.9 Å². The standard InChI is InChI=1S/C23H24N4OS/c1-3-19-24-23-27(25-19)22(28)21(29-23)20(17-10-8-15(2)9-11-17)26-13-12-16-6-4-5-7-18(16)14-26/h4-11,20,28H,3,12-14H2,1-2H3/p+1/t20-/m0/s1. The lowest BCUT2D eigenvalue weighted by Gasteiger charge is -2.32. The van der Waals surface area contributed by atoms with Crippen LogP contribution in [0.1, 0.15) is 45.9 Å². The van der Waals surface area contributed by atoms with Crippen molar-refractivity contribution in [2.75, 3.05) is 6.54 Å². The molecule has 0 saturated heterocycles. The third-order valence-electron chi connectivity index (χ3n) is 5.89. The number of thiazole rings is 1. The Morgan fingerprint density at radius 2 is 1.90 bits per heavy atom. The molecule has 148 valence electrons. The molecule has 1 aliphatic rings. The van der Waals surface area contributed by atoms with Crippen molar-refractivity contribution >= 4 is 16.3 Å². The van der Waals surface area contributed by atoms with Crippen LogP contribution in [0.2, 0.25) is 0 Å². The minimum absolute atomic E-state index is 0.0579. The van der Waals surface area contributed by atoms with Crippen LogP contribution < -0.4 is 4.90 Å². The molecule has 0 radical (unpaired) electrons. The van der Waals surface area contributed by atoms with Gasteiger partial charge in [-0.2, -0.15) is 4.52 Å². The van der Waals surface area contributed by atoms with Gasteiger partial charge in [-0.15, -0.1) is 5.10 Å². The Balaban J connectivity index is 1.61. The average molecular weight is 406 g/mol. The lowest BCUT2D eigenvalue weighted by molar-refractivity contribution is -0.940. The van der Waals surface area contributed by atoms with E-state index in [0.717, 1.165) is 41.6 Å². The molecule has 2 N–H and O–H groups in total. The van der Waals surface area contributed by atoms with E-state index in [2.05, 4.69) is 65.5 Å². The van der Waals surface area contributed by atoms with E-state index >= 15 is 0 Å². The molecule has 3 heterocycles. The van der Waals surface area contributed by atoms with Crippen LogP contribution in [0.3, 0.4) is 0 Å². The fraction of sp³-hybridized carbons (Fsp3) is 0.304. The van der Waals surface area contributed by atoms with Gasteiger partial charge in [0.05, 0.1) is 6.54 Å². The largest absolute Gasteiger partial charge is 0.492 e. The normalized spacial score (nSPS) is 17.4. The number of nitrogens with zero attached hydrogens (tertiary/aromatic N) is 3. The maximum Gasteiger partial charge on any atom is 0.235 e. The van der Waals surface area contributed by atoms with E-state index in [1.807, 2.05) is 6.92 Å². The van der Waals surface area contributed by atoms with Crippen LogP contribution in [0.5, 0.6) is 5.88 Å². The summed E-state index contributed by atoms with van der Waals surface area (Å²) in [7, 11) is 0. The summed E-state index contributed by atoms with van der Waals surface area (Å²) in [6.07, 6.45) is 1.81. The first kappa shape index (κ1) is 18.3. The quantitative estimate of drug-likeness (QED) is 0.549. The molecule has 5 nitrogen and oxygen atoms in total. The highest BCUT2D eigenvalue weighted by Gasteiger charge is 2.34. The summed E-state index contributed by atoms with van der Waals surface area (Å²) in [6, 6.07) is 17.5. The van der Waals surface area contributed by atoms with E-state index in [1.54, 1.807) is 15.9 Å². The molecule has 1 unspecified atom stereocenters. The van der Waals surface area contributed by atoms with Crippen molar-refractivity contribution in [3.63, 3.8) is 0 Å². The number of rotatable bonds is 4. The Morgan fingerprint density at radius 3 is 2.62 bits per heavy atom. The van der Waals surface area contributed by atoms with Gasteiger partial charge in [0.15, 0.2) is 11.9 Å². The van der Waals surface area contributed by atoms with Crippen LogP contribution in [-0.2, 0) is 19.4 Å². The van der Waals surface area contributed by atoms with Crippen LogP contribution in [0.15, 0.2) is 48.5 Å². The van der Waals surface area contributed by atoms with Gasteiger partial charge in [-0.3, -0.25) is 0 Å². The highest BCUT2D eigenvalue weighted by molar-refractivity contribution is 7.17. The molecule has 2 aromatic carbocycles. The Labute approximate surface area is 174 Å². The van der Waals surface area contributed by atoms with Crippen LogP contribution in [-0.4, -0.2) is 26.2 Å². The van der Waals surface area contributed by atoms with Gasteiger partial charge in [0.1, 0.15) is 11.4 Å². The van der Waals surface area contributed by atoms with E-state index in [9.17, 15) is 5.11 Å². The molecule has 6 heteroatoms. The molecule has 2 atom stereocenters. The highest BCUT2D eigenvalue weighted by Crippen LogP contribution is 2.35. The molecule has 0 saturated carbocycles. The number of fused-ring (bicyclic) bond motifs is 2. The second-order valence-corrected chi connectivity index (χ2v) is 8.82. The summed E-state index contributed by atoms with van der Waals surface area (Å²) < 4.78 is 1.61. The predicted octanol–water partition coefficient (Wildman–Crippen LogP) is 3.10. The average Bonchev–Trinajstić information content (AvgIpc) is 3.29. The summed E-state index contributed by atoms with van der Waals surface area (Å²) in [5.41, 5.74) is 5.31. The van der Waals surface area contributed by atoms with Gasteiger partial charge >= 0.3 is 0 Å². The van der Waals surface area contributed by atoms with Crippen molar-refractivity contribution < 1.29 is 10.0 Å². The zero-order chi connectivity index (χ0) is 20.0. The minimum atomic E-state index is 0.0579. The number of aryl methyl sites for hydroxylation is 2. The number of hydrogen-bond acceptors (Lipinski definition) is 4. The molecule has 0 amide bonds. The van der Waals surface area contributed by atoms with E-state index < -0.39 is 0 Å². The van der Waals surface area contributed by atoms with Crippen molar-refractivity contribution in [1.29, 1.82) is 0 Å². The lowest BCUT2D eigenvalue weighted by Crippen LogP contribution is -3.12. The van der Waals surface area contributed by atoms with Gasteiger partial charge in [0.25, 0.3) is 0 Å². The van der Waals surface area contributed by atoms with E-state index in [4.69, 9.17) is 0 Å². The second kappa shape index (κ2) is 7.28. The zero-order valence-corrected chi connectivity index (χ0v) is 17.5. The van der Waals surface area contributed by atoms with Crippen LogP contribution in [0.25, 0.3) is 4.96 Å². The molecular weight excluding hydrogens is 380 g/mol. The molecule has 2 aromatic heterocycles. The van der Waals surface area contributed by atoms with Crippen LogP contribution >= 0.6 is 11.3 Å². The Bertz CT molecular complexity index is 1160. The Morgan fingerprint density at radius 1 is 1.14 bits per heavy atom. The Hall–Kier alpha value is -2.70. The zero-order valence-electron chi connectivity index (χ0n) is 16.7. The summed E-state index contributed by atoms with van der Waals surface area (Å²) >= 11 is 1.56. The fourth-order valence-electron chi connectivity index (χ4n) is 4.31. The molecular formula is C23H25N4OS+. The first-order valence-electron chi connectivity index (χ1n) is 10.2. The van der Waals surface area contributed by atoms with Gasteiger partial charge in [-0.05, 0) is 12.5 Å². The van der Waals surface area contributed by atoms with Gasteiger partial charge < -0.3 is 10.0 Å². The summed E-state index contributed by atoms with van der Waals surface area (Å²) in [5.74, 6) is 0.998. The third-order valence-corrected chi connectivity index (χ3v) is 6.98. The molecule has 4 aromatic rings. The van der Waals surface area contributed by atoms with E-state index in [1.165, 1.54) is 27.2 Å². The van der Waals surface area contributed by atoms with Gasteiger partial charge in [-0.1, -0.05) is 72.4 Å². The predicted molar refractivity (Wildman–Crippen MR) is 115 cm³/mol. The fourth-order valence-corrected chi connectivity index (χ4v) is 5.47. The van der Waals surface area contributed by atoms with Gasteiger partial charge in [0, 0.05) is 24.0 Å². The molecule has 29 heavy (non-hydrogen) atoms. The molecule has 0 bridgehead atoms. The van der Waals surface area contributed by atoms with Crippen molar-refractivity contribution in [1.82, 2.24) is 14.6 Å². The molecule has 5 rings (SSSR count). The smallest absolute Gasteiger partial charge is 0.235 e. The van der Waals surface area contributed by atoms with Gasteiger partial charge in [0.2, 0.25) is 10.8 Å². The van der Waals surface area contributed by atoms with E-state index in [0.29, 0.717) is 0 Å². The maximum absolute atomic E-state index is 11.1. The molecule has 1 aliphatic heterocycles. The highest BCUT2D eigenvalue weighted by atomic mass is 32.1. The number of hydrogen-bond donors (Lipinski definition) is 2. The third kappa shape index (κ3) is 3.22. The topological polar surface area (TPSA) is 54.9 Å². The summed E-state index contributed by atoms with van der Waals surface area (Å²) in [5, 5.41) is 15.5. The lowest BCUT2D eigenvalue weighted by atomic mass is 9.95. The first-order valence-corrected chi connectivity index (χ1v) is 11.0. The van der Waals surface area contributed by atoms with Crippen LogP contribution in [0.4, 0.5) is 0 Å². The number of nitrogens with one attached hydrogen (secondary N) is 1. The summed E-state index contributed by atoms with van der Waals surface area (Å²) in [4.78, 5) is 7.74. The first-order chi connectivity index (χ1) is 14.1. The maximum atomic E-state index is 11.1. The van der Waals surface area contributed by atoms with Crippen molar-refractivity contribution in [2.24, 2.45) is 0 Å². The van der Waals surface area contributed by atoms with Crippen molar-refractivity contribution in [2.45, 2.75) is 39.3 Å². The number of benzene rings is 2. The van der Waals surface area contributed by atoms with Gasteiger partial charge in [-0.25, -0.2) is 4.98 Å². The number of aromatic hydroxyl groups is 1. The number of quaternary nitrogens is 1. The molecule has 0 spiro atoms. The van der Waals surface area contributed by atoms with Crippen molar-refractivity contribution in [3.05, 3.63) is 81.5 Å². The SMILES string of the molecule is CCc1nc2sc([C@H](c3ccc(C)cc3)[NH+]3CCc4ccccc4C3)c(O)n2n1. The summed E-state index contributed by atoms with van der Waals surface area (Å²) in [6.45, 7) is 6.11. The molecule has 0 fully saturated rings. The second-order valence-electron chi connectivity index (χ2n) is 7.81.